The van der Waals surface area contributed by atoms with Crippen LogP contribution < -0.4 is 0 Å². The lowest BCUT2D eigenvalue weighted by Crippen LogP contribution is -2.08. The van der Waals surface area contributed by atoms with Gasteiger partial charge in [-0.05, 0) is 46.8 Å². The molecule has 0 radical (unpaired) electrons. The summed E-state index contributed by atoms with van der Waals surface area (Å²) in [6.45, 7) is 1.02. The van der Waals surface area contributed by atoms with Crippen LogP contribution in [0.4, 0.5) is 0 Å². The summed E-state index contributed by atoms with van der Waals surface area (Å²) < 4.78 is 3.08. The van der Waals surface area contributed by atoms with E-state index in [2.05, 4.69) is 37.0 Å². The Morgan fingerprint density at radius 1 is 1.31 bits per heavy atom. The van der Waals surface area contributed by atoms with Crippen molar-refractivity contribution in [3.8, 4) is 0 Å². The molecule has 0 amide bonds. The molecule has 1 heterocycles. The minimum absolute atomic E-state index is 0.795. The Balaban J connectivity index is 1.94. The predicted molar refractivity (Wildman–Crippen MR) is 67.2 cm³/mol. The third-order valence-electron chi connectivity index (χ3n) is 3.40. The summed E-state index contributed by atoms with van der Waals surface area (Å²) in [5.41, 5.74) is 2.11. The van der Waals surface area contributed by atoms with Gasteiger partial charge in [0, 0.05) is 11.0 Å². The van der Waals surface area contributed by atoms with Crippen LogP contribution in [0.3, 0.4) is 0 Å². The Hall–Kier alpha value is -0.900. The van der Waals surface area contributed by atoms with E-state index in [9.17, 15) is 0 Å². The summed E-state index contributed by atoms with van der Waals surface area (Å²) in [5.74, 6) is 0.795. The van der Waals surface area contributed by atoms with Crippen LogP contribution >= 0.6 is 15.9 Å². The van der Waals surface area contributed by atoms with Gasteiger partial charge in [-0.3, -0.25) is 0 Å². The Morgan fingerprint density at radius 3 is 2.94 bits per heavy atom. The molecule has 1 aliphatic carbocycles. The molecule has 0 unspecified atom stereocenters. The number of benzene rings is 1. The Morgan fingerprint density at radius 2 is 2.12 bits per heavy atom. The first-order valence-corrected chi connectivity index (χ1v) is 6.61. The topological polar surface area (TPSA) is 30.7 Å². The molecule has 1 aromatic heterocycles. The van der Waals surface area contributed by atoms with Crippen molar-refractivity contribution in [3.63, 3.8) is 0 Å². The molecule has 0 N–H and O–H groups in total. The average molecular weight is 280 g/mol. The lowest BCUT2D eigenvalue weighted by Gasteiger charge is -2.08. The number of rotatable bonds is 2. The van der Waals surface area contributed by atoms with Gasteiger partial charge in [0.2, 0.25) is 0 Å². The van der Waals surface area contributed by atoms with E-state index in [1.165, 1.54) is 25.7 Å². The average Bonchev–Trinajstić information content (AvgIpc) is 2.90. The normalized spacial score (nSPS) is 17.3. The Labute approximate surface area is 103 Å². The molecular formula is C12H14BrN3. The number of fused-ring (bicyclic) bond motifs is 1. The molecule has 0 spiro atoms. The number of hydrogen-bond donors (Lipinski definition) is 0. The van der Waals surface area contributed by atoms with Crippen molar-refractivity contribution in [1.82, 2.24) is 15.0 Å². The molecule has 1 aliphatic rings. The molecule has 3 nitrogen and oxygen atoms in total. The lowest BCUT2D eigenvalue weighted by molar-refractivity contribution is 0.430. The molecule has 84 valence electrons. The highest BCUT2D eigenvalue weighted by Gasteiger charge is 2.17. The van der Waals surface area contributed by atoms with Gasteiger partial charge in [-0.1, -0.05) is 24.1 Å². The third-order valence-corrected chi connectivity index (χ3v) is 4.04. The smallest absolute Gasteiger partial charge is 0.127 e. The van der Waals surface area contributed by atoms with Crippen molar-refractivity contribution >= 4 is 27.0 Å². The van der Waals surface area contributed by atoms with E-state index in [1.807, 2.05) is 12.1 Å². The molecule has 0 atom stereocenters. The van der Waals surface area contributed by atoms with Crippen molar-refractivity contribution in [2.45, 2.75) is 32.2 Å². The summed E-state index contributed by atoms with van der Waals surface area (Å²) in [4.78, 5) is 0. The molecule has 1 aromatic carbocycles. The van der Waals surface area contributed by atoms with Gasteiger partial charge in [-0.15, -0.1) is 5.10 Å². The monoisotopic (exact) mass is 279 g/mol. The Kier molecular flexibility index (Phi) is 2.67. The van der Waals surface area contributed by atoms with Gasteiger partial charge in [0.05, 0.1) is 5.52 Å². The molecule has 4 heteroatoms. The molecule has 16 heavy (non-hydrogen) atoms. The van der Waals surface area contributed by atoms with E-state index < -0.39 is 0 Å². The molecule has 0 saturated heterocycles. The summed E-state index contributed by atoms with van der Waals surface area (Å²) in [5, 5.41) is 8.48. The van der Waals surface area contributed by atoms with Gasteiger partial charge in [0.15, 0.2) is 0 Å². The fraction of sp³-hybridized carbons (Fsp3) is 0.500. The van der Waals surface area contributed by atoms with Crippen LogP contribution in [-0.4, -0.2) is 15.0 Å². The van der Waals surface area contributed by atoms with Crippen LogP contribution in [0.25, 0.3) is 11.0 Å². The van der Waals surface area contributed by atoms with Crippen LogP contribution in [0.15, 0.2) is 22.7 Å². The maximum absolute atomic E-state index is 4.26. The van der Waals surface area contributed by atoms with Gasteiger partial charge in [-0.25, -0.2) is 4.68 Å². The first kappa shape index (κ1) is 10.3. The SMILES string of the molecule is Brc1cccc2c1nnn2CC1CCCC1. The van der Waals surface area contributed by atoms with Crippen LogP contribution in [0.2, 0.25) is 0 Å². The lowest BCUT2D eigenvalue weighted by atomic mass is 10.1. The number of nitrogens with zero attached hydrogens (tertiary/aromatic N) is 3. The van der Waals surface area contributed by atoms with E-state index in [-0.39, 0.29) is 0 Å². The maximum Gasteiger partial charge on any atom is 0.127 e. The zero-order chi connectivity index (χ0) is 11.0. The number of aromatic nitrogens is 3. The van der Waals surface area contributed by atoms with Gasteiger partial charge >= 0.3 is 0 Å². The quantitative estimate of drug-likeness (QED) is 0.844. The summed E-state index contributed by atoms with van der Waals surface area (Å²) in [7, 11) is 0. The number of hydrogen-bond acceptors (Lipinski definition) is 2. The van der Waals surface area contributed by atoms with Gasteiger partial charge < -0.3 is 0 Å². The second-order valence-corrected chi connectivity index (χ2v) is 5.38. The van der Waals surface area contributed by atoms with Gasteiger partial charge in [0.25, 0.3) is 0 Å². The van der Waals surface area contributed by atoms with E-state index in [4.69, 9.17) is 0 Å². The highest BCUT2D eigenvalue weighted by Crippen LogP contribution is 2.28. The highest BCUT2D eigenvalue weighted by atomic mass is 79.9. The molecule has 1 fully saturated rings. The standard InChI is InChI=1S/C12H14BrN3/c13-10-6-3-7-11-12(10)14-15-16(11)8-9-4-1-2-5-9/h3,6-7,9H,1-2,4-5,8H2. The van der Waals surface area contributed by atoms with Crippen molar-refractivity contribution in [2.75, 3.05) is 0 Å². The van der Waals surface area contributed by atoms with Crippen molar-refractivity contribution in [1.29, 1.82) is 0 Å². The van der Waals surface area contributed by atoms with Gasteiger partial charge in [-0.2, -0.15) is 0 Å². The predicted octanol–water partition coefficient (Wildman–Crippen LogP) is 3.38. The second-order valence-electron chi connectivity index (χ2n) is 4.53. The fourth-order valence-electron chi connectivity index (χ4n) is 2.53. The molecule has 3 rings (SSSR count). The summed E-state index contributed by atoms with van der Waals surface area (Å²) in [6, 6.07) is 6.15. The minimum Gasteiger partial charge on any atom is -0.244 e. The third kappa shape index (κ3) is 1.75. The Bertz CT molecular complexity index is 500. The zero-order valence-electron chi connectivity index (χ0n) is 9.06. The second kappa shape index (κ2) is 4.17. The van der Waals surface area contributed by atoms with E-state index in [1.54, 1.807) is 0 Å². The molecule has 0 aliphatic heterocycles. The van der Waals surface area contributed by atoms with Crippen LogP contribution in [0.5, 0.6) is 0 Å². The molecule has 2 aromatic rings. The van der Waals surface area contributed by atoms with E-state index in [0.717, 1.165) is 28.0 Å². The van der Waals surface area contributed by atoms with Crippen molar-refractivity contribution in [3.05, 3.63) is 22.7 Å². The molecular weight excluding hydrogens is 266 g/mol. The highest BCUT2D eigenvalue weighted by molar-refractivity contribution is 9.10. The first-order chi connectivity index (χ1) is 7.84. The zero-order valence-corrected chi connectivity index (χ0v) is 10.7. The van der Waals surface area contributed by atoms with Crippen molar-refractivity contribution < 1.29 is 0 Å². The molecule has 1 saturated carbocycles. The van der Waals surface area contributed by atoms with E-state index in [0.29, 0.717) is 0 Å². The fourth-order valence-corrected chi connectivity index (χ4v) is 2.97. The van der Waals surface area contributed by atoms with Crippen LogP contribution in [0, 0.1) is 5.92 Å². The largest absolute Gasteiger partial charge is 0.244 e. The van der Waals surface area contributed by atoms with Crippen LogP contribution in [-0.2, 0) is 6.54 Å². The maximum atomic E-state index is 4.26. The summed E-state index contributed by atoms with van der Waals surface area (Å²) >= 11 is 3.51. The van der Waals surface area contributed by atoms with Crippen LogP contribution in [0.1, 0.15) is 25.7 Å². The summed E-state index contributed by atoms with van der Waals surface area (Å²) in [6.07, 6.45) is 5.44. The van der Waals surface area contributed by atoms with E-state index >= 15 is 0 Å². The minimum atomic E-state index is 0.795. The van der Waals surface area contributed by atoms with Crippen molar-refractivity contribution in [2.24, 2.45) is 5.92 Å². The molecule has 0 bridgehead atoms. The first-order valence-electron chi connectivity index (χ1n) is 5.82. The van der Waals surface area contributed by atoms with Gasteiger partial charge in [0.1, 0.15) is 5.52 Å². The number of halogens is 1.